The molecule has 0 atom stereocenters. The van der Waals surface area contributed by atoms with Crippen molar-refractivity contribution in [3.8, 4) is 5.75 Å². The second-order valence-electron chi connectivity index (χ2n) is 8.34. The van der Waals surface area contributed by atoms with Gasteiger partial charge in [0.25, 0.3) is 5.69 Å². The number of benzene rings is 2. The number of aryl methyl sites for hydroxylation is 1. The number of ether oxygens (including phenoxy) is 2. The van der Waals surface area contributed by atoms with Gasteiger partial charge in [0.1, 0.15) is 29.1 Å². The molecule has 2 aromatic carbocycles. The fourth-order valence-corrected chi connectivity index (χ4v) is 3.21. The monoisotopic (exact) mass is 439 g/mol. The fraction of sp³-hybridized carbons (Fsp3) is 0.333. The molecule has 0 saturated carbocycles. The topological polar surface area (TPSA) is 109 Å². The number of hydrogen-bond donors (Lipinski definition) is 0. The molecule has 0 bridgehead atoms. The Hall–Kier alpha value is -3.68. The maximum Gasteiger partial charge on any atom is 0.314 e. The molecule has 0 radical (unpaired) electrons. The van der Waals surface area contributed by atoms with Gasteiger partial charge in [0.15, 0.2) is 5.43 Å². The van der Waals surface area contributed by atoms with E-state index in [0.29, 0.717) is 0 Å². The van der Waals surface area contributed by atoms with Crippen LogP contribution in [0.4, 0.5) is 5.69 Å². The highest BCUT2D eigenvalue weighted by Crippen LogP contribution is 2.23. The molecule has 0 saturated heterocycles. The molecule has 168 valence electrons. The number of nitro benzene ring substituents is 1. The average Bonchev–Trinajstić information content (AvgIpc) is 2.72. The highest BCUT2D eigenvalue weighted by atomic mass is 16.6. The predicted molar refractivity (Wildman–Crippen MR) is 119 cm³/mol. The van der Waals surface area contributed by atoms with Crippen molar-refractivity contribution in [1.29, 1.82) is 0 Å². The summed E-state index contributed by atoms with van der Waals surface area (Å²) in [6, 6.07) is 13.1. The largest absolute Gasteiger partial charge is 0.493 e. The summed E-state index contributed by atoms with van der Waals surface area (Å²) in [4.78, 5) is 33.9. The number of non-ortho nitro benzene ring substituents is 1. The zero-order valence-corrected chi connectivity index (χ0v) is 18.3. The normalized spacial score (nSPS) is 12.7. The zero-order valence-electron chi connectivity index (χ0n) is 18.3. The van der Waals surface area contributed by atoms with Crippen molar-refractivity contribution in [2.24, 2.45) is 0 Å². The number of esters is 1. The number of nitro groups is 1. The van der Waals surface area contributed by atoms with E-state index >= 15 is 0 Å². The average molecular weight is 439 g/mol. The molecule has 3 aromatic rings. The van der Waals surface area contributed by atoms with Crippen LogP contribution in [0.25, 0.3) is 11.0 Å². The minimum absolute atomic E-state index is 0.0992. The third-order valence-electron chi connectivity index (χ3n) is 4.53. The van der Waals surface area contributed by atoms with Crippen molar-refractivity contribution in [2.45, 2.75) is 45.6 Å². The highest BCUT2D eigenvalue weighted by Gasteiger charge is 2.18. The second kappa shape index (κ2) is 9.64. The number of para-hydroxylation sites is 1. The molecule has 8 heteroatoms. The van der Waals surface area contributed by atoms with E-state index in [2.05, 4.69) is 12.1 Å². The number of fused-ring (bicyclic) bond motifs is 2. The van der Waals surface area contributed by atoms with Crippen molar-refractivity contribution in [3.63, 3.8) is 0 Å². The van der Waals surface area contributed by atoms with Gasteiger partial charge in [-0.15, -0.1) is 0 Å². The molecule has 1 aliphatic rings. The first-order valence-corrected chi connectivity index (χ1v) is 10.3. The summed E-state index contributed by atoms with van der Waals surface area (Å²) >= 11 is 0. The lowest BCUT2D eigenvalue weighted by Crippen LogP contribution is -2.25. The SMILES string of the molecule is CC(C)(C)OC(=O)Cc1cc(=O)c2cc([N+](=O)[O-])ccc2o1.c1ccc2c(c1)CCCO2. The number of carbonyl (C=O) groups is 1. The fourth-order valence-electron chi connectivity index (χ4n) is 3.21. The lowest BCUT2D eigenvalue weighted by Gasteiger charge is -2.19. The number of carbonyl (C=O) groups excluding carboxylic acids is 1. The van der Waals surface area contributed by atoms with Gasteiger partial charge in [-0.3, -0.25) is 19.7 Å². The van der Waals surface area contributed by atoms with Crippen LogP contribution in [0.1, 0.15) is 38.5 Å². The first kappa shape index (κ1) is 23.0. The summed E-state index contributed by atoms with van der Waals surface area (Å²) in [7, 11) is 0. The molecule has 0 aliphatic carbocycles. The van der Waals surface area contributed by atoms with Crippen molar-refractivity contribution < 1.29 is 23.6 Å². The number of nitrogens with zero attached hydrogens (tertiary/aromatic N) is 1. The van der Waals surface area contributed by atoms with E-state index in [1.165, 1.54) is 24.1 Å². The Bertz CT molecular complexity index is 1170. The van der Waals surface area contributed by atoms with Crippen molar-refractivity contribution in [1.82, 2.24) is 0 Å². The van der Waals surface area contributed by atoms with Crippen molar-refractivity contribution >= 4 is 22.6 Å². The van der Waals surface area contributed by atoms with Crippen LogP contribution in [0.5, 0.6) is 5.75 Å². The van der Waals surface area contributed by atoms with Gasteiger partial charge in [0, 0.05) is 18.2 Å². The van der Waals surface area contributed by atoms with Crippen LogP contribution in [-0.2, 0) is 22.4 Å². The van der Waals surface area contributed by atoms with E-state index in [-0.39, 0.29) is 28.8 Å². The summed E-state index contributed by atoms with van der Waals surface area (Å²) in [5.41, 5.74) is 0.281. The van der Waals surface area contributed by atoms with Crippen LogP contribution in [0.3, 0.4) is 0 Å². The van der Waals surface area contributed by atoms with Crippen molar-refractivity contribution in [2.75, 3.05) is 6.61 Å². The summed E-state index contributed by atoms with van der Waals surface area (Å²) in [5, 5.41) is 10.8. The third kappa shape index (κ3) is 6.16. The van der Waals surface area contributed by atoms with Gasteiger partial charge < -0.3 is 13.9 Å². The van der Waals surface area contributed by atoms with Gasteiger partial charge in [-0.25, -0.2) is 0 Å². The van der Waals surface area contributed by atoms with E-state index < -0.39 is 21.9 Å². The maximum absolute atomic E-state index is 12.0. The van der Waals surface area contributed by atoms with Gasteiger partial charge in [-0.05, 0) is 51.3 Å². The Kier molecular flexibility index (Phi) is 6.92. The lowest BCUT2D eigenvalue weighted by molar-refractivity contribution is -0.384. The van der Waals surface area contributed by atoms with Crippen LogP contribution in [0.2, 0.25) is 0 Å². The predicted octanol–water partition coefficient (Wildman–Crippen LogP) is 4.60. The first-order valence-electron chi connectivity index (χ1n) is 10.3. The molecule has 0 unspecified atom stereocenters. The van der Waals surface area contributed by atoms with E-state index in [1.807, 2.05) is 12.1 Å². The number of rotatable bonds is 3. The van der Waals surface area contributed by atoms with E-state index in [0.717, 1.165) is 30.9 Å². The highest BCUT2D eigenvalue weighted by molar-refractivity contribution is 5.80. The zero-order chi connectivity index (χ0) is 23.3. The lowest BCUT2D eigenvalue weighted by atomic mass is 10.1. The smallest absolute Gasteiger partial charge is 0.314 e. The van der Waals surface area contributed by atoms with E-state index in [1.54, 1.807) is 20.8 Å². The van der Waals surface area contributed by atoms with Crippen LogP contribution >= 0.6 is 0 Å². The molecular weight excluding hydrogens is 414 g/mol. The first-order chi connectivity index (χ1) is 15.1. The molecule has 0 amide bonds. The van der Waals surface area contributed by atoms with Crippen LogP contribution < -0.4 is 10.2 Å². The van der Waals surface area contributed by atoms with E-state index in [4.69, 9.17) is 13.9 Å². The third-order valence-corrected chi connectivity index (χ3v) is 4.53. The summed E-state index contributed by atoms with van der Waals surface area (Å²) < 4.78 is 16.0. The van der Waals surface area contributed by atoms with Gasteiger partial charge in [0.2, 0.25) is 0 Å². The second-order valence-corrected chi connectivity index (χ2v) is 8.34. The van der Waals surface area contributed by atoms with Gasteiger partial charge in [-0.2, -0.15) is 0 Å². The molecule has 1 aliphatic heterocycles. The standard InChI is InChI=1S/C15H15NO6.C9H10O/c1-15(2,3)22-14(18)8-10-7-12(17)11-6-9(16(19)20)4-5-13(11)21-10;1-2-6-9-8(4-1)5-3-7-10-9/h4-7H,8H2,1-3H3;1-2,4,6H,3,5,7H2. The Morgan fingerprint density at radius 2 is 1.91 bits per heavy atom. The van der Waals surface area contributed by atoms with E-state index in [9.17, 15) is 19.7 Å². The molecule has 0 fully saturated rings. The van der Waals surface area contributed by atoms with Gasteiger partial charge >= 0.3 is 5.97 Å². The van der Waals surface area contributed by atoms with Crippen molar-refractivity contribution in [3.05, 3.63) is 80.2 Å². The van der Waals surface area contributed by atoms with Gasteiger partial charge in [0.05, 0.1) is 16.9 Å². The summed E-state index contributed by atoms with van der Waals surface area (Å²) in [6.45, 7) is 6.10. The Labute approximate surface area is 184 Å². The molecule has 1 aromatic heterocycles. The minimum Gasteiger partial charge on any atom is -0.493 e. The molecule has 8 nitrogen and oxygen atoms in total. The summed E-state index contributed by atoms with van der Waals surface area (Å²) in [6.07, 6.45) is 2.16. The molecule has 32 heavy (non-hydrogen) atoms. The number of hydrogen-bond acceptors (Lipinski definition) is 7. The Morgan fingerprint density at radius 3 is 2.59 bits per heavy atom. The molecule has 2 heterocycles. The quantitative estimate of drug-likeness (QED) is 0.333. The molecule has 4 rings (SSSR count). The minimum atomic E-state index is -0.630. The molecule has 0 N–H and O–H groups in total. The Morgan fingerprint density at radius 1 is 1.16 bits per heavy atom. The van der Waals surface area contributed by atoms with Gasteiger partial charge in [-0.1, -0.05) is 18.2 Å². The summed E-state index contributed by atoms with van der Waals surface area (Å²) in [5.74, 6) is 0.714. The van der Waals surface area contributed by atoms with Crippen LogP contribution in [-0.4, -0.2) is 23.1 Å². The molecular formula is C24H25NO7. The van der Waals surface area contributed by atoms with Crippen LogP contribution in [0.15, 0.2) is 57.7 Å². The molecule has 0 spiro atoms. The Balaban J connectivity index is 0.000000238. The maximum atomic E-state index is 12.0. The van der Waals surface area contributed by atoms with Crippen LogP contribution in [0, 0.1) is 10.1 Å².